The van der Waals surface area contributed by atoms with Crippen LogP contribution < -0.4 is 9.47 Å². The van der Waals surface area contributed by atoms with Crippen LogP contribution in [-0.2, 0) is 73.2 Å². The molecule has 0 N–H and O–H groups in total. The fraction of sp³-hybridized carbons (Fsp3) is 0.528. The molecule has 2 aliphatic rings. The molecule has 2 aromatic carbocycles. The molecule has 0 amide bonds. The maximum Gasteiger partial charge on any atom is 0.303 e. The molecule has 0 aromatic heterocycles. The second kappa shape index (κ2) is 18.6. The third-order valence-corrected chi connectivity index (χ3v) is 7.87. The summed E-state index contributed by atoms with van der Waals surface area (Å²) in [7, 11) is 1.52. The molecule has 2 aliphatic heterocycles. The lowest BCUT2D eigenvalue weighted by atomic mass is 9.96. The van der Waals surface area contributed by atoms with Crippen LogP contribution in [0.4, 0.5) is 0 Å². The van der Waals surface area contributed by atoms with Crippen molar-refractivity contribution in [1.82, 2.24) is 0 Å². The van der Waals surface area contributed by atoms with Gasteiger partial charge >= 0.3 is 29.8 Å². The number of rotatable bonds is 14. The van der Waals surface area contributed by atoms with E-state index in [4.69, 9.17) is 52.1 Å². The van der Waals surface area contributed by atoms with Gasteiger partial charge in [0.15, 0.2) is 30.7 Å². The van der Waals surface area contributed by atoms with Crippen LogP contribution in [-0.4, -0.2) is 105 Å². The van der Waals surface area contributed by atoms with Crippen LogP contribution in [0.15, 0.2) is 54.6 Å². The molecule has 16 nitrogen and oxygen atoms in total. The van der Waals surface area contributed by atoms with Gasteiger partial charge in [-0.05, 0) is 36.8 Å². The summed E-state index contributed by atoms with van der Waals surface area (Å²) in [6.07, 6.45) is -13.1. The molecule has 52 heavy (non-hydrogen) atoms. The van der Waals surface area contributed by atoms with Gasteiger partial charge in [0.1, 0.15) is 36.4 Å². The molecular formula is C36H44O16. The van der Waals surface area contributed by atoms with Crippen molar-refractivity contribution in [3.8, 4) is 11.5 Å². The highest BCUT2D eigenvalue weighted by atomic mass is 16.8. The Morgan fingerprint density at radius 3 is 1.69 bits per heavy atom. The first-order valence-corrected chi connectivity index (χ1v) is 16.5. The number of hydrogen-bond acceptors (Lipinski definition) is 16. The average molecular weight is 733 g/mol. The van der Waals surface area contributed by atoms with Crippen LogP contribution in [0.2, 0.25) is 0 Å². The second-order valence-electron chi connectivity index (χ2n) is 12.0. The number of carbonyl (C=O) groups is 5. The Morgan fingerprint density at radius 2 is 1.13 bits per heavy atom. The van der Waals surface area contributed by atoms with E-state index in [1.54, 1.807) is 31.2 Å². The Kier molecular flexibility index (Phi) is 14.3. The van der Waals surface area contributed by atoms with E-state index in [1.807, 2.05) is 30.3 Å². The first kappa shape index (κ1) is 40.0. The minimum absolute atomic E-state index is 0.0778. The molecule has 284 valence electrons. The van der Waals surface area contributed by atoms with Gasteiger partial charge in [0.25, 0.3) is 0 Å². The van der Waals surface area contributed by atoms with Crippen molar-refractivity contribution in [3.63, 3.8) is 0 Å². The average Bonchev–Trinajstić information content (AvgIpc) is 3.07. The van der Waals surface area contributed by atoms with E-state index in [-0.39, 0.29) is 6.61 Å². The van der Waals surface area contributed by atoms with Crippen molar-refractivity contribution in [2.45, 2.75) is 110 Å². The topological polar surface area (TPSA) is 187 Å². The molecule has 2 fully saturated rings. The van der Waals surface area contributed by atoms with E-state index in [9.17, 15) is 24.0 Å². The zero-order valence-corrected chi connectivity index (χ0v) is 29.9. The second-order valence-corrected chi connectivity index (χ2v) is 12.0. The molecular weight excluding hydrogens is 688 g/mol. The summed E-state index contributed by atoms with van der Waals surface area (Å²) in [6, 6.07) is 15.8. The predicted molar refractivity (Wildman–Crippen MR) is 175 cm³/mol. The minimum atomic E-state index is -1.63. The first-order chi connectivity index (χ1) is 24.7. The highest BCUT2D eigenvalue weighted by molar-refractivity contribution is 5.69. The van der Waals surface area contributed by atoms with E-state index in [1.165, 1.54) is 14.0 Å². The Morgan fingerprint density at radius 1 is 0.596 bits per heavy atom. The Balaban J connectivity index is 1.79. The van der Waals surface area contributed by atoms with Crippen molar-refractivity contribution >= 4 is 29.8 Å². The molecule has 0 spiro atoms. The first-order valence-electron chi connectivity index (χ1n) is 16.5. The zero-order chi connectivity index (χ0) is 37.9. The SMILES string of the molecule is COc1ccc(O[C@@H]2O[C@@H](C)[C@H](OCc3ccccc3)[C@@H](O[C@@H]3O[C@H](COC(C)=O)[C@@H](OC(C)=O)[C@H](OC(C)=O)[C@H]3OC(C)=O)[C@H]2OC(C)=O)cc1. The van der Waals surface area contributed by atoms with E-state index >= 15 is 0 Å². The van der Waals surface area contributed by atoms with Crippen LogP contribution in [0.25, 0.3) is 0 Å². The summed E-state index contributed by atoms with van der Waals surface area (Å²) in [5.74, 6) is -2.93. The molecule has 10 atom stereocenters. The van der Waals surface area contributed by atoms with Crippen LogP contribution in [0.1, 0.15) is 47.1 Å². The van der Waals surface area contributed by atoms with Gasteiger partial charge in [-0.2, -0.15) is 0 Å². The Hall–Kier alpha value is -4.77. The summed E-state index contributed by atoms with van der Waals surface area (Å²) < 4.78 is 64.5. The van der Waals surface area contributed by atoms with E-state index in [2.05, 4.69) is 0 Å². The quantitative estimate of drug-likeness (QED) is 0.204. The molecule has 2 aromatic rings. The highest BCUT2D eigenvalue weighted by Crippen LogP contribution is 2.36. The summed E-state index contributed by atoms with van der Waals surface area (Å²) in [6.45, 7) is 6.97. The van der Waals surface area contributed by atoms with Gasteiger partial charge in [-0.3, -0.25) is 24.0 Å². The summed E-state index contributed by atoms with van der Waals surface area (Å²) >= 11 is 0. The standard InChI is InChI=1S/C36H44O16/c1-19-29(44-17-25-11-9-8-10-12-25)31(33(48-23(5)40)35(45-19)50-27-15-13-26(42-7)14-16-27)52-36-34(49-24(6)41)32(47-22(4)39)30(46-21(3)38)28(51-36)18-43-20(2)37/h8-16,19,28-36H,17-18H2,1-7H3/t19-,28+,29-,30+,31+,32-,33+,34+,35-,36-/m0/s1. The fourth-order valence-electron chi connectivity index (χ4n) is 5.78. The smallest absolute Gasteiger partial charge is 0.303 e. The minimum Gasteiger partial charge on any atom is -0.497 e. The van der Waals surface area contributed by atoms with Gasteiger partial charge in [0.05, 0.1) is 19.8 Å². The lowest BCUT2D eigenvalue weighted by Crippen LogP contribution is -2.67. The van der Waals surface area contributed by atoms with Gasteiger partial charge in [-0.15, -0.1) is 0 Å². The summed E-state index contributed by atoms with van der Waals surface area (Å²) in [5.41, 5.74) is 0.807. The van der Waals surface area contributed by atoms with Crippen molar-refractivity contribution in [2.24, 2.45) is 0 Å². The van der Waals surface area contributed by atoms with Crippen molar-refractivity contribution in [2.75, 3.05) is 13.7 Å². The summed E-state index contributed by atoms with van der Waals surface area (Å²) in [5, 5.41) is 0. The van der Waals surface area contributed by atoms with Crippen LogP contribution in [0.5, 0.6) is 11.5 Å². The Labute approximate surface area is 300 Å². The molecule has 4 rings (SSSR count). The lowest BCUT2D eigenvalue weighted by molar-refractivity contribution is -0.356. The number of hydrogen-bond donors (Lipinski definition) is 0. The third-order valence-electron chi connectivity index (χ3n) is 7.87. The van der Waals surface area contributed by atoms with E-state index in [0.29, 0.717) is 11.5 Å². The van der Waals surface area contributed by atoms with Crippen LogP contribution in [0, 0.1) is 0 Å². The normalized spacial score (nSPS) is 28.4. The maximum absolute atomic E-state index is 12.6. The van der Waals surface area contributed by atoms with Crippen LogP contribution >= 0.6 is 0 Å². The monoisotopic (exact) mass is 732 g/mol. The summed E-state index contributed by atoms with van der Waals surface area (Å²) in [4.78, 5) is 61.6. The molecule has 0 aliphatic carbocycles. The van der Waals surface area contributed by atoms with Gasteiger partial charge in [-0.25, -0.2) is 0 Å². The number of methoxy groups -OCH3 is 1. The molecule has 0 unspecified atom stereocenters. The number of esters is 5. The number of benzene rings is 2. The lowest BCUT2D eigenvalue weighted by Gasteiger charge is -2.48. The van der Waals surface area contributed by atoms with Gasteiger partial charge in [0, 0.05) is 34.6 Å². The zero-order valence-electron chi connectivity index (χ0n) is 29.9. The van der Waals surface area contributed by atoms with Gasteiger partial charge < -0.3 is 52.1 Å². The van der Waals surface area contributed by atoms with E-state index < -0.39 is 97.9 Å². The molecule has 0 radical (unpaired) electrons. The molecule has 0 bridgehead atoms. The van der Waals surface area contributed by atoms with Gasteiger partial charge in [0.2, 0.25) is 6.29 Å². The molecule has 16 heteroatoms. The Bertz CT molecular complexity index is 1510. The largest absolute Gasteiger partial charge is 0.497 e. The van der Waals surface area contributed by atoms with Crippen molar-refractivity contribution < 1.29 is 76.1 Å². The predicted octanol–water partition coefficient (Wildman–Crippen LogP) is 2.80. The highest BCUT2D eigenvalue weighted by Gasteiger charge is 2.57. The van der Waals surface area contributed by atoms with E-state index in [0.717, 1.165) is 33.3 Å². The number of carbonyl (C=O) groups excluding carboxylic acids is 5. The number of ether oxygens (including phenoxy) is 11. The fourth-order valence-corrected chi connectivity index (χ4v) is 5.78. The molecule has 2 saturated heterocycles. The maximum atomic E-state index is 12.6. The van der Waals surface area contributed by atoms with Crippen molar-refractivity contribution in [1.29, 1.82) is 0 Å². The van der Waals surface area contributed by atoms with Crippen molar-refractivity contribution in [3.05, 3.63) is 60.2 Å². The third kappa shape index (κ3) is 11.1. The van der Waals surface area contributed by atoms with Gasteiger partial charge in [-0.1, -0.05) is 30.3 Å². The molecule has 2 heterocycles. The molecule has 0 saturated carbocycles. The van der Waals surface area contributed by atoms with Crippen LogP contribution in [0.3, 0.4) is 0 Å².